The number of cyclic esters (lactones) is 1. The number of ether oxygens (including phenoxy) is 2. The molecule has 3 aliphatic rings. The fourth-order valence-electron chi connectivity index (χ4n) is 6.34. The Balaban J connectivity index is 1.76. The van der Waals surface area contributed by atoms with Gasteiger partial charge in [0.05, 0.1) is 23.5 Å². The van der Waals surface area contributed by atoms with Gasteiger partial charge < -0.3 is 19.0 Å². The minimum Gasteiger partial charge on any atom is -0.462 e. The van der Waals surface area contributed by atoms with Crippen LogP contribution in [0.15, 0.2) is 12.2 Å². The number of hydrogen-bond donors (Lipinski definition) is 1. The minimum atomic E-state index is -2.00. The molecule has 38 heavy (non-hydrogen) atoms. The van der Waals surface area contributed by atoms with Gasteiger partial charge in [-0.25, -0.2) is 0 Å². The predicted octanol–water partition coefficient (Wildman–Crippen LogP) is 6.81. The number of rotatable bonds is 8. The maximum absolute atomic E-state index is 13.1. The number of esters is 2. The van der Waals surface area contributed by atoms with Gasteiger partial charge in [0.25, 0.3) is 0 Å². The van der Waals surface area contributed by atoms with Crippen molar-refractivity contribution in [3.05, 3.63) is 12.2 Å². The highest BCUT2D eigenvalue weighted by Gasteiger charge is 2.53. The van der Waals surface area contributed by atoms with Crippen LogP contribution in [-0.4, -0.2) is 49.3 Å². The Hall–Kier alpha value is -1.18. The molecule has 1 saturated carbocycles. The highest BCUT2D eigenvalue weighted by atomic mass is 28.4. The topological polar surface area (TPSA) is 82.1 Å². The molecular weight excluding hydrogens is 496 g/mol. The first-order valence-electron chi connectivity index (χ1n) is 14.9. The second-order valence-corrected chi connectivity index (χ2v) is 19.5. The van der Waals surface area contributed by atoms with Gasteiger partial charge in [0.1, 0.15) is 12.2 Å². The molecule has 0 spiro atoms. The lowest BCUT2D eigenvalue weighted by molar-refractivity contribution is -0.184. The van der Waals surface area contributed by atoms with Gasteiger partial charge >= 0.3 is 11.9 Å². The van der Waals surface area contributed by atoms with Crippen molar-refractivity contribution >= 4 is 20.3 Å². The zero-order valence-corrected chi connectivity index (χ0v) is 26.6. The Morgan fingerprint density at radius 2 is 1.82 bits per heavy atom. The summed E-state index contributed by atoms with van der Waals surface area (Å²) in [7, 11) is -2.00. The van der Waals surface area contributed by atoms with Crippen molar-refractivity contribution < 1.29 is 28.6 Å². The first-order valence-corrected chi connectivity index (χ1v) is 17.8. The summed E-state index contributed by atoms with van der Waals surface area (Å²) in [6.07, 6.45) is 8.13. The van der Waals surface area contributed by atoms with Gasteiger partial charge in [0.15, 0.2) is 8.32 Å². The lowest BCUT2D eigenvalue weighted by atomic mass is 9.58. The monoisotopic (exact) mass is 550 g/mol. The van der Waals surface area contributed by atoms with Gasteiger partial charge in [-0.2, -0.15) is 0 Å². The number of fused-ring (bicyclic) bond motifs is 1. The Labute approximate surface area is 232 Å². The second-order valence-electron chi connectivity index (χ2n) is 14.8. The van der Waals surface area contributed by atoms with Gasteiger partial charge in [-0.1, -0.05) is 53.7 Å². The van der Waals surface area contributed by atoms with E-state index in [9.17, 15) is 14.7 Å². The molecule has 7 heteroatoms. The molecule has 218 valence electrons. The second kappa shape index (κ2) is 11.4. The molecule has 0 aromatic heterocycles. The third-order valence-electron chi connectivity index (χ3n) is 10.1. The van der Waals surface area contributed by atoms with E-state index < -0.39 is 19.3 Å². The van der Waals surface area contributed by atoms with Gasteiger partial charge in [-0.15, -0.1) is 0 Å². The highest BCUT2D eigenvalue weighted by molar-refractivity contribution is 6.74. The number of carbonyl (C=O) groups is 2. The van der Waals surface area contributed by atoms with Crippen molar-refractivity contribution in [1.29, 1.82) is 0 Å². The summed E-state index contributed by atoms with van der Waals surface area (Å²) in [6, 6.07) is 0. The van der Waals surface area contributed by atoms with Gasteiger partial charge in [0, 0.05) is 12.3 Å². The highest BCUT2D eigenvalue weighted by Crippen LogP contribution is 2.50. The molecule has 0 aromatic rings. The maximum Gasteiger partial charge on any atom is 0.311 e. The van der Waals surface area contributed by atoms with Gasteiger partial charge in [-0.3, -0.25) is 9.59 Å². The van der Waals surface area contributed by atoms with Crippen LogP contribution < -0.4 is 0 Å². The molecule has 1 saturated heterocycles. The van der Waals surface area contributed by atoms with E-state index in [4.69, 9.17) is 13.9 Å². The van der Waals surface area contributed by atoms with Crippen LogP contribution >= 0.6 is 0 Å². The predicted molar refractivity (Wildman–Crippen MR) is 153 cm³/mol. The summed E-state index contributed by atoms with van der Waals surface area (Å²) >= 11 is 0. The Morgan fingerprint density at radius 1 is 1.16 bits per heavy atom. The summed E-state index contributed by atoms with van der Waals surface area (Å²) < 4.78 is 18.6. The summed E-state index contributed by atoms with van der Waals surface area (Å²) in [4.78, 5) is 25.7. The molecule has 8 atom stereocenters. The van der Waals surface area contributed by atoms with Crippen molar-refractivity contribution in [2.24, 2.45) is 29.1 Å². The van der Waals surface area contributed by atoms with E-state index in [0.29, 0.717) is 25.7 Å². The number of allylic oxidation sites excluding steroid dienone is 1. The molecule has 0 unspecified atom stereocenters. The molecule has 6 nitrogen and oxygen atoms in total. The van der Waals surface area contributed by atoms with Crippen LogP contribution in [0.2, 0.25) is 18.1 Å². The van der Waals surface area contributed by atoms with Gasteiger partial charge in [-0.05, 0) is 81.8 Å². The fourth-order valence-corrected chi connectivity index (χ4v) is 7.71. The Bertz CT molecular complexity index is 889. The summed E-state index contributed by atoms with van der Waals surface area (Å²) in [5.41, 5.74) is -1.55. The zero-order valence-electron chi connectivity index (χ0n) is 25.6. The van der Waals surface area contributed by atoms with Crippen molar-refractivity contribution in [1.82, 2.24) is 0 Å². The van der Waals surface area contributed by atoms with E-state index in [1.54, 1.807) is 0 Å². The summed E-state index contributed by atoms with van der Waals surface area (Å²) in [6.45, 7) is 21.3. The molecule has 3 rings (SSSR count). The molecule has 2 aliphatic carbocycles. The van der Waals surface area contributed by atoms with Crippen molar-refractivity contribution in [3.63, 3.8) is 0 Å². The van der Waals surface area contributed by atoms with Crippen LogP contribution in [0.25, 0.3) is 0 Å². The van der Waals surface area contributed by atoms with E-state index >= 15 is 0 Å². The molecule has 0 radical (unpaired) electrons. The molecule has 1 heterocycles. The summed E-state index contributed by atoms with van der Waals surface area (Å²) in [5, 5.41) is 11.9. The largest absolute Gasteiger partial charge is 0.462 e. The first-order chi connectivity index (χ1) is 17.4. The van der Waals surface area contributed by atoms with Crippen LogP contribution in [0.4, 0.5) is 0 Å². The number of hydrogen-bond acceptors (Lipinski definition) is 6. The molecule has 0 aromatic carbocycles. The van der Waals surface area contributed by atoms with Crippen molar-refractivity contribution in [2.75, 3.05) is 0 Å². The van der Waals surface area contributed by atoms with Crippen molar-refractivity contribution in [2.45, 2.75) is 142 Å². The molecule has 1 aliphatic heterocycles. The number of carbonyl (C=O) groups excluding carboxylic acids is 2. The van der Waals surface area contributed by atoms with E-state index in [1.807, 2.05) is 26.8 Å². The smallest absolute Gasteiger partial charge is 0.311 e. The Morgan fingerprint density at radius 3 is 2.42 bits per heavy atom. The zero-order chi connectivity index (χ0) is 28.7. The van der Waals surface area contributed by atoms with E-state index in [0.717, 1.165) is 19.3 Å². The van der Waals surface area contributed by atoms with E-state index in [1.165, 1.54) is 0 Å². The summed E-state index contributed by atoms with van der Waals surface area (Å²) in [5.74, 6) is 0.0689. The Kier molecular flexibility index (Phi) is 9.37. The third-order valence-corrected chi connectivity index (χ3v) is 14.7. The van der Waals surface area contributed by atoms with E-state index in [2.05, 4.69) is 53.8 Å². The first kappa shape index (κ1) is 31.3. The van der Waals surface area contributed by atoms with Crippen LogP contribution in [0.1, 0.15) is 100 Å². The number of aliphatic hydroxyl groups is 1. The molecule has 0 bridgehead atoms. The van der Waals surface area contributed by atoms with Crippen LogP contribution in [0.5, 0.6) is 0 Å². The molecular formula is C31H54O6Si. The average molecular weight is 551 g/mol. The lowest BCUT2D eigenvalue weighted by Gasteiger charge is -2.52. The van der Waals surface area contributed by atoms with Gasteiger partial charge in [0.2, 0.25) is 0 Å². The standard InChI is InChI=1S/C31H54O6Si/c1-11-30(7,8)28(33)36-25-16-20(2)19-31(34)15-14-21(3)24(27(25)31)13-12-22-17-23(18-26(32)35-22)37-38(9,10)29(4,5)6/h14-15,20-25,27,34H,11-13,16-19H2,1-10H3/t20-,21+,22-,23-,24+,25+,27+,31-/m0/s1. The minimum absolute atomic E-state index is 0.0784. The van der Waals surface area contributed by atoms with E-state index in [-0.39, 0.29) is 59.0 Å². The quantitative estimate of drug-likeness (QED) is 0.203. The average Bonchev–Trinajstić information content (AvgIpc) is 2.77. The van der Waals surface area contributed by atoms with Crippen LogP contribution in [-0.2, 0) is 23.5 Å². The normalized spacial score (nSPS) is 36.4. The molecule has 2 fully saturated rings. The SMILES string of the molecule is CCC(C)(C)C(=O)O[C@@H]1C[C@H](C)C[C@@]2(O)C=C[C@@H](C)[C@@H](CC[C@H]3C[C@H](O[Si](C)(C)C(C)(C)C)CC(=O)O3)[C@H]12. The lowest BCUT2D eigenvalue weighted by Crippen LogP contribution is -2.56. The van der Waals surface area contributed by atoms with Crippen LogP contribution in [0, 0.1) is 29.1 Å². The molecule has 1 N–H and O–H groups in total. The molecule has 0 amide bonds. The fraction of sp³-hybridized carbons (Fsp3) is 0.871. The third kappa shape index (κ3) is 6.93. The van der Waals surface area contributed by atoms with Crippen molar-refractivity contribution in [3.8, 4) is 0 Å². The maximum atomic E-state index is 13.1. The van der Waals surface area contributed by atoms with Crippen LogP contribution in [0.3, 0.4) is 0 Å².